The number of H-pyrrole nitrogens is 1. The third-order valence-corrected chi connectivity index (χ3v) is 8.47. The van der Waals surface area contributed by atoms with E-state index in [-0.39, 0.29) is 5.43 Å². The van der Waals surface area contributed by atoms with E-state index in [1.165, 1.54) is 89.9 Å². The third kappa shape index (κ3) is 12.8. The van der Waals surface area contributed by atoms with Gasteiger partial charge in [-0.3, -0.25) is 4.79 Å². The second-order valence-corrected chi connectivity index (χ2v) is 12.0. The maximum atomic E-state index is 13.4. The van der Waals surface area contributed by atoms with Crippen LogP contribution in [0.15, 0.2) is 65.6 Å². The number of hydrogen-bond donors (Lipinski definition) is 1. The molecule has 0 radical (unpaired) electrons. The third-order valence-electron chi connectivity index (χ3n) is 7.91. The molecule has 3 aromatic rings. The molecule has 0 aliphatic rings. The van der Waals surface area contributed by atoms with Crippen LogP contribution in [0.25, 0.3) is 11.1 Å². The Labute approximate surface area is 262 Å². The van der Waals surface area contributed by atoms with Crippen molar-refractivity contribution in [1.29, 1.82) is 0 Å². The van der Waals surface area contributed by atoms with Crippen LogP contribution in [0.5, 0.6) is 11.5 Å². The van der Waals surface area contributed by atoms with Crippen molar-refractivity contribution in [2.24, 2.45) is 0 Å². The zero-order valence-corrected chi connectivity index (χ0v) is 27.4. The monoisotopic (exact) mass is 637 g/mol. The van der Waals surface area contributed by atoms with Crippen LogP contribution in [0.4, 0.5) is 0 Å². The molecule has 0 amide bonds. The molecule has 0 saturated carbocycles. The summed E-state index contributed by atoms with van der Waals surface area (Å²) in [4.78, 5) is 16.6. The highest BCUT2D eigenvalue weighted by Crippen LogP contribution is 2.26. The van der Waals surface area contributed by atoms with Crippen LogP contribution < -0.4 is 14.9 Å². The molecule has 4 nitrogen and oxygen atoms in total. The second-order valence-electron chi connectivity index (χ2n) is 11.4. The van der Waals surface area contributed by atoms with Crippen molar-refractivity contribution >= 4 is 15.9 Å². The number of ether oxygens (including phenoxy) is 2. The fourth-order valence-corrected chi connectivity index (χ4v) is 5.80. The molecule has 0 spiro atoms. The van der Waals surface area contributed by atoms with Gasteiger partial charge in [0.15, 0.2) is 5.75 Å². The first-order chi connectivity index (χ1) is 20.7. The fourth-order valence-electron chi connectivity index (χ4n) is 5.36. The van der Waals surface area contributed by atoms with Gasteiger partial charge >= 0.3 is 0 Å². The van der Waals surface area contributed by atoms with E-state index < -0.39 is 0 Å². The summed E-state index contributed by atoms with van der Waals surface area (Å²) in [6.07, 6.45) is 23.1. The highest BCUT2D eigenvalue weighted by molar-refractivity contribution is 9.08. The summed E-state index contributed by atoms with van der Waals surface area (Å²) < 4.78 is 11.9. The number of halogens is 1. The van der Waals surface area contributed by atoms with Crippen LogP contribution in [0.2, 0.25) is 0 Å². The summed E-state index contributed by atoms with van der Waals surface area (Å²) in [5.74, 6) is 1.16. The summed E-state index contributed by atoms with van der Waals surface area (Å²) in [5, 5.41) is 0.559. The van der Waals surface area contributed by atoms with Crippen molar-refractivity contribution in [1.82, 2.24) is 4.98 Å². The molecular weight excluding hydrogens is 586 g/mol. The van der Waals surface area contributed by atoms with Crippen LogP contribution in [0.1, 0.15) is 121 Å². The first-order valence-electron chi connectivity index (χ1n) is 16.4. The van der Waals surface area contributed by atoms with Gasteiger partial charge in [-0.2, -0.15) is 0 Å². The van der Waals surface area contributed by atoms with E-state index in [2.05, 4.69) is 27.8 Å². The van der Waals surface area contributed by atoms with E-state index in [0.29, 0.717) is 29.9 Å². The van der Waals surface area contributed by atoms with Crippen molar-refractivity contribution in [3.05, 3.63) is 82.3 Å². The molecule has 1 N–H and O–H groups in total. The van der Waals surface area contributed by atoms with Crippen molar-refractivity contribution in [2.45, 2.75) is 122 Å². The molecular formula is C37H52BrNO3. The van der Waals surface area contributed by atoms with Crippen molar-refractivity contribution in [2.75, 3.05) is 6.61 Å². The molecule has 0 aliphatic carbocycles. The lowest BCUT2D eigenvalue weighted by atomic mass is 10.0. The van der Waals surface area contributed by atoms with Crippen LogP contribution in [-0.2, 0) is 11.9 Å². The number of benzene rings is 2. The van der Waals surface area contributed by atoms with E-state index in [4.69, 9.17) is 9.47 Å². The van der Waals surface area contributed by atoms with E-state index in [1.807, 2.05) is 54.6 Å². The Bertz CT molecular complexity index is 1160. The van der Waals surface area contributed by atoms with Crippen molar-refractivity contribution in [3.63, 3.8) is 0 Å². The van der Waals surface area contributed by atoms with Gasteiger partial charge < -0.3 is 14.5 Å². The van der Waals surface area contributed by atoms with Gasteiger partial charge in [0.05, 0.1) is 12.2 Å². The summed E-state index contributed by atoms with van der Waals surface area (Å²) in [7, 11) is 0. The number of alkyl halides is 1. The number of unbranched alkanes of at least 4 members (excludes halogenated alkanes) is 15. The number of hydrogen-bond acceptors (Lipinski definition) is 3. The Morgan fingerprint density at radius 2 is 1.21 bits per heavy atom. The molecule has 0 bridgehead atoms. The van der Waals surface area contributed by atoms with Gasteiger partial charge in [-0.05, 0) is 29.7 Å². The smallest absolute Gasteiger partial charge is 0.231 e. The molecule has 42 heavy (non-hydrogen) atoms. The molecule has 5 heteroatoms. The molecule has 1 heterocycles. The van der Waals surface area contributed by atoms with Gasteiger partial charge in [0, 0.05) is 17.2 Å². The number of nitrogens with one attached hydrogen (secondary N) is 1. The molecule has 2 aromatic carbocycles. The second kappa shape index (κ2) is 21.2. The van der Waals surface area contributed by atoms with Crippen molar-refractivity contribution in [3.8, 4) is 22.6 Å². The van der Waals surface area contributed by atoms with Gasteiger partial charge in [0.25, 0.3) is 0 Å². The lowest BCUT2D eigenvalue weighted by molar-refractivity contribution is 0.300. The number of aromatic nitrogens is 1. The highest BCUT2D eigenvalue weighted by Gasteiger charge is 2.14. The van der Waals surface area contributed by atoms with Gasteiger partial charge in [-0.25, -0.2) is 0 Å². The van der Waals surface area contributed by atoms with Gasteiger partial charge in [0.2, 0.25) is 5.43 Å². The Balaban J connectivity index is 1.31. The Morgan fingerprint density at radius 1 is 0.667 bits per heavy atom. The van der Waals surface area contributed by atoms with Crippen LogP contribution in [0.3, 0.4) is 0 Å². The molecule has 0 unspecified atom stereocenters. The predicted octanol–water partition coefficient (Wildman–Crippen LogP) is 11.2. The normalized spacial score (nSPS) is 11.1. The fraction of sp³-hybridized carbons (Fsp3) is 0.541. The lowest BCUT2D eigenvalue weighted by Gasteiger charge is -2.12. The molecule has 0 saturated heterocycles. The maximum Gasteiger partial charge on any atom is 0.231 e. The van der Waals surface area contributed by atoms with Crippen molar-refractivity contribution < 1.29 is 9.47 Å². The van der Waals surface area contributed by atoms with Crippen LogP contribution >= 0.6 is 15.9 Å². The quantitative estimate of drug-likeness (QED) is 0.0831. The maximum absolute atomic E-state index is 13.4. The number of rotatable bonds is 23. The Morgan fingerprint density at radius 3 is 1.76 bits per heavy atom. The zero-order chi connectivity index (χ0) is 29.7. The van der Waals surface area contributed by atoms with E-state index >= 15 is 0 Å². The number of pyridine rings is 1. The SMILES string of the molecule is CCCCCCCCCCCCCCCCCCOc1c[nH]c(CBr)c(-c2ccc(OCc3ccccc3)cc2)c1=O. The van der Waals surface area contributed by atoms with E-state index in [1.54, 1.807) is 6.20 Å². The van der Waals surface area contributed by atoms with Crippen LogP contribution in [0, 0.1) is 0 Å². The molecule has 230 valence electrons. The minimum atomic E-state index is -0.0716. The summed E-state index contributed by atoms with van der Waals surface area (Å²) in [6, 6.07) is 17.8. The number of aromatic amines is 1. The standard InChI is InChI=1S/C37H52BrNO3/c1-2-3-4-5-6-7-8-9-10-11-12-13-14-15-16-20-27-41-35-29-39-34(28-38)36(37(35)40)32-23-25-33(26-24-32)42-30-31-21-18-17-19-22-31/h17-19,21-26,29H,2-16,20,27-28,30H2,1H3,(H,39,40). The largest absolute Gasteiger partial charge is 0.489 e. The average molecular weight is 639 g/mol. The lowest BCUT2D eigenvalue weighted by Crippen LogP contribution is -2.14. The minimum Gasteiger partial charge on any atom is -0.489 e. The van der Waals surface area contributed by atoms with E-state index in [9.17, 15) is 4.79 Å². The highest BCUT2D eigenvalue weighted by atomic mass is 79.9. The molecule has 0 atom stereocenters. The van der Waals surface area contributed by atoms with Gasteiger partial charge in [-0.15, -0.1) is 0 Å². The molecule has 0 fully saturated rings. The zero-order valence-electron chi connectivity index (χ0n) is 25.8. The first kappa shape index (κ1) is 34.0. The summed E-state index contributed by atoms with van der Waals surface area (Å²) in [5.41, 5.74) is 3.38. The molecule has 1 aromatic heterocycles. The molecule has 3 rings (SSSR count). The minimum absolute atomic E-state index is 0.0716. The summed E-state index contributed by atoms with van der Waals surface area (Å²) >= 11 is 3.52. The van der Waals surface area contributed by atoms with E-state index in [0.717, 1.165) is 35.4 Å². The van der Waals surface area contributed by atoms with Crippen LogP contribution in [-0.4, -0.2) is 11.6 Å². The first-order valence-corrected chi connectivity index (χ1v) is 17.6. The average Bonchev–Trinajstić information content (AvgIpc) is 3.03. The van der Waals surface area contributed by atoms with Gasteiger partial charge in [0.1, 0.15) is 12.4 Å². The summed E-state index contributed by atoms with van der Waals surface area (Å²) in [6.45, 7) is 3.36. The molecule has 0 aliphatic heterocycles. The van der Waals surface area contributed by atoms with Gasteiger partial charge in [-0.1, -0.05) is 162 Å². The Kier molecular flexibility index (Phi) is 17.1. The predicted molar refractivity (Wildman–Crippen MR) is 181 cm³/mol. The topological polar surface area (TPSA) is 51.3 Å². The Hall–Kier alpha value is -2.53.